The van der Waals surface area contributed by atoms with Crippen LogP contribution < -0.4 is 0 Å². The van der Waals surface area contributed by atoms with E-state index in [4.69, 9.17) is 0 Å². The first-order valence-corrected chi connectivity index (χ1v) is 8.71. The first-order chi connectivity index (χ1) is 9.49. The standard InChI is InChI=1S/C13H26NO.CH4O4S/c1-11(2)8-14(9-12(3)4)7-5-6-13(15)10-14;1-5-6(2,3)4/h11-12H,5-10H2,1-4H3;1H3,(H,2,3,4)/q+1;/p-1. The number of piperidine rings is 1. The van der Waals surface area contributed by atoms with Crippen molar-refractivity contribution in [1.29, 1.82) is 0 Å². The van der Waals surface area contributed by atoms with Gasteiger partial charge in [0, 0.05) is 24.7 Å². The monoisotopic (exact) mass is 323 g/mol. The number of hydrogen-bond acceptors (Lipinski definition) is 5. The highest BCUT2D eigenvalue weighted by atomic mass is 32.3. The molecular formula is C14H29NO5S. The number of ketones is 1. The summed E-state index contributed by atoms with van der Waals surface area (Å²) < 4.78 is 32.1. The van der Waals surface area contributed by atoms with Gasteiger partial charge in [0.1, 0.15) is 6.54 Å². The Morgan fingerprint density at radius 1 is 1.19 bits per heavy atom. The highest BCUT2D eigenvalue weighted by molar-refractivity contribution is 7.80. The molecule has 0 aromatic rings. The number of rotatable bonds is 5. The molecule has 0 radical (unpaired) electrons. The summed E-state index contributed by atoms with van der Waals surface area (Å²) >= 11 is 0. The van der Waals surface area contributed by atoms with Gasteiger partial charge in [0.05, 0.1) is 26.7 Å². The van der Waals surface area contributed by atoms with Crippen molar-refractivity contribution in [2.45, 2.75) is 40.5 Å². The van der Waals surface area contributed by atoms with Crippen LogP contribution in [0.2, 0.25) is 0 Å². The summed E-state index contributed by atoms with van der Waals surface area (Å²) in [5.41, 5.74) is 0. The first-order valence-electron chi connectivity index (χ1n) is 7.38. The molecule has 1 fully saturated rings. The molecule has 0 atom stereocenters. The van der Waals surface area contributed by atoms with E-state index >= 15 is 0 Å². The molecule has 1 aliphatic heterocycles. The zero-order valence-corrected chi connectivity index (χ0v) is 14.6. The summed E-state index contributed by atoms with van der Waals surface area (Å²) in [6.07, 6.45) is 1.91. The van der Waals surface area contributed by atoms with Crippen molar-refractivity contribution < 1.29 is 26.4 Å². The molecule has 0 aromatic heterocycles. The maximum atomic E-state index is 11.6. The summed E-state index contributed by atoms with van der Waals surface area (Å²) in [7, 11) is -3.60. The zero-order chi connectivity index (χ0) is 16.7. The van der Waals surface area contributed by atoms with Gasteiger partial charge < -0.3 is 9.04 Å². The lowest BCUT2D eigenvalue weighted by molar-refractivity contribution is -0.928. The quantitative estimate of drug-likeness (QED) is 0.436. The van der Waals surface area contributed by atoms with E-state index in [0.717, 1.165) is 31.0 Å². The molecule has 1 rings (SSSR count). The van der Waals surface area contributed by atoms with Crippen molar-refractivity contribution in [3.05, 3.63) is 0 Å². The second kappa shape index (κ2) is 8.82. The summed E-state index contributed by atoms with van der Waals surface area (Å²) in [5, 5.41) is 0. The number of nitrogens with zero attached hydrogens (tertiary/aromatic N) is 1. The Bertz CT molecular complexity index is 407. The summed E-state index contributed by atoms with van der Waals surface area (Å²) in [6.45, 7) is 13.4. The van der Waals surface area contributed by atoms with E-state index in [1.54, 1.807) is 0 Å². The van der Waals surface area contributed by atoms with E-state index in [-0.39, 0.29) is 0 Å². The zero-order valence-electron chi connectivity index (χ0n) is 13.8. The lowest BCUT2D eigenvalue weighted by atomic mass is 10.0. The average Bonchev–Trinajstić information content (AvgIpc) is 2.26. The van der Waals surface area contributed by atoms with Gasteiger partial charge in [-0.25, -0.2) is 8.42 Å². The fourth-order valence-corrected chi connectivity index (χ4v) is 3.08. The second-order valence-electron chi connectivity index (χ2n) is 6.59. The predicted octanol–water partition coefficient (Wildman–Crippen LogP) is 1.57. The van der Waals surface area contributed by atoms with Crippen LogP contribution in [0.3, 0.4) is 0 Å². The van der Waals surface area contributed by atoms with Crippen LogP contribution >= 0.6 is 0 Å². The molecule has 1 aliphatic rings. The fraction of sp³-hybridized carbons (Fsp3) is 0.929. The molecule has 6 nitrogen and oxygen atoms in total. The first kappa shape index (κ1) is 20.5. The minimum atomic E-state index is -4.41. The molecule has 0 unspecified atom stereocenters. The number of Topliss-reactive ketones (excluding diaryl/α,β-unsaturated/α-hetero) is 1. The van der Waals surface area contributed by atoms with E-state index in [1.165, 1.54) is 19.6 Å². The summed E-state index contributed by atoms with van der Waals surface area (Å²) in [5.74, 6) is 1.85. The van der Waals surface area contributed by atoms with Crippen LogP contribution in [0.4, 0.5) is 0 Å². The summed E-state index contributed by atoms with van der Waals surface area (Å²) in [6, 6.07) is 0. The van der Waals surface area contributed by atoms with Crippen LogP contribution in [0.5, 0.6) is 0 Å². The van der Waals surface area contributed by atoms with Crippen LogP contribution in [0.15, 0.2) is 0 Å². The van der Waals surface area contributed by atoms with Gasteiger partial charge in [0.25, 0.3) is 0 Å². The molecule has 126 valence electrons. The Balaban J connectivity index is 0.000000567. The molecule has 7 heteroatoms. The largest absolute Gasteiger partial charge is 0.726 e. The minimum absolute atomic E-state index is 0.475. The molecule has 0 N–H and O–H groups in total. The van der Waals surface area contributed by atoms with Crippen molar-refractivity contribution in [1.82, 2.24) is 0 Å². The molecule has 1 saturated heterocycles. The van der Waals surface area contributed by atoms with Crippen molar-refractivity contribution in [3.8, 4) is 0 Å². The van der Waals surface area contributed by atoms with E-state index in [0.29, 0.717) is 17.6 Å². The Labute approximate surface area is 129 Å². The molecule has 0 amide bonds. The van der Waals surface area contributed by atoms with Gasteiger partial charge in [0.2, 0.25) is 10.4 Å². The smallest absolute Gasteiger partial charge is 0.217 e. The fourth-order valence-electron chi connectivity index (χ4n) is 3.08. The highest BCUT2D eigenvalue weighted by Crippen LogP contribution is 2.21. The second-order valence-corrected chi connectivity index (χ2v) is 7.74. The van der Waals surface area contributed by atoms with Gasteiger partial charge in [0.15, 0.2) is 5.78 Å². The van der Waals surface area contributed by atoms with Gasteiger partial charge in [-0.1, -0.05) is 27.7 Å². The number of quaternary nitrogens is 1. The lowest BCUT2D eigenvalue weighted by Crippen LogP contribution is -2.57. The molecule has 0 aromatic carbocycles. The van der Waals surface area contributed by atoms with Crippen LogP contribution in [0, 0.1) is 11.8 Å². The number of carbonyl (C=O) groups is 1. The lowest BCUT2D eigenvalue weighted by Gasteiger charge is -2.43. The van der Waals surface area contributed by atoms with Crippen molar-refractivity contribution in [2.75, 3.05) is 33.3 Å². The van der Waals surface area contributed by atoms with E-state index < -0.39 is 10.4 Å². The van der Waals surface area contributed by atoms with E-state index in [1.807, 2.05) is 0 Å². The third kappa shape index (κ3) is 9.95. The van der Waals surface area contributed by atoms with Crippen LogP contribution in [-0.4, -0.2) is 56.5 Å². The van der Waals surface area contributed by atoms with Crippen LogP contribution in [-0.2, 0) is 19.4 Å². The van der Waals surface area contributed by atoms with E-state index in [2.05, 4.69) is 31.9 Å². The van der Waals surface area contributed by atoms with Crippen molar-refractivity contribution >= 4 is 16.2 Å². The van der Waals surface area contributed by atoms with Crippen LogP contribution in [0.25, 0.3) is 0 Å². The number of carbonyl (C=O) groups excluding carboxylic acids is 1. The SMILES string of the molecule is CC(C)C[N+]1(CC(C)C)CCCC(=O)C1.COS(=O)(=O)[O-]. The molecule has 21 heavy (non-hydrogen) atoms. The van der Waals surface area contributed by atoms with Crippen molar-refractivity contribution in [3.63, 3.8) is 0 Å². The Morgan fingerprint density at radius 3 is 1.90 bits per heavy atom. The van der Waals surface area contributed by atoms with Gasteiger partial charge in [-0.05, 0) is 0 Å². The number of hydrogen-bond donors (Lipinski definition) is 0. The number of likely N-dealkylation sites (tertiary alicyclic amines) is 1. The molecule has 0 aliphatic carbocycles. The molecular weight excluding hydrogens is 294 g/mol. The molecule has 0 bridgehead atoms. The maximum absolute atomic E-state index is 11.6. The Kier molecular flexibility index (Phi) is 8.61. The van der Waals surface area contributed by atoms with Crippen LogP contribution in [0.1, 0.15) is 40.5 Å². The van der Waals surface area contributed by atoms with Gasteiger partial charge in [-0.2, -0.15) is 0 Å². The van der Waals surface area contributed by atoms with Crippen molar-refractivity contribution in [2.24, 2.45) is 11.8 Å². The Hall–Kier alpha value is -0.500. The van der Waals surface area contributed by atoms with Gasteiger partial charge in [-0.3, -0.25) is 8.98 Å². The maximum Gasteiger partial charge on any atom is 0.217 e. The predicted molar refractivity (Wildman–Crippen MR) is 80.4 cm³/mol. The van der Waals surface area contributed by atoms with E-state index in [9.17, 15) is 17.8 Å². The van der Waals surface area contributed by atoms with Gasteiger partial charge >= 0.3 is 0 Å². The highest BCUT2D eigenvalue weighted by Gasteiger charge is 2.35. The molecule has 0 spiro atoms. The third-order valence-electron chi connectivity index (χ3n) is 3.31. The third-order valence-corrected chi connectivity index (χ3v) is 3.72. The normalized spacial score (nSPS) is 18.6. The topological polar surface area (TPSA) is 83.5 Å². The Morgan fingerprint density at radius 2 is 1.62 bits per heavy atom. The van der Waals surface area contributed by atoms with Gasteiger partial charge in [-0.15, -0.1) is 0 Å². The summed E-state index contributed by atoms with van der Waals surface area (Å²) in [4.78, 5) is 11.6. The molecule has 0 saturated carbocycles. The molecule has 1 heterocycles. The average molecular weight is 323 g/mol. The minimum Gasteiger partial charge on any atom is -0.726 e.